The molecule has 0 saturated heterocycles. The van der Waals surface area contributed by atoms with Crippen LogP contribution < -0.4 is 5.32 Å². The molecule has 0 heterocycles. The second kappa shape index (κ2) is 7.47. The smallest absolute Gasteiger partial charge is 0.303 e. The third kappa shape index (κ3) is 7.81. The number of unbranched alkanes of at least 4 members (excludes halogenated alkanes) is 2. The first kappa shape index (κ1) is 17.9. The predicted molar refractivity (Wildman–Crippen MR) is 72.7 cm³/mol. The number of carbonyl (C=O) groups is 2. The summed E-state index contributed by atoms with van der Waals surface area (Å²) in [6.07, 6.45) is 2.02. The Hall–Kier alpha value is -1.11. The van der Waals surface area contributed by atoms with Gasteiger partial charge in [-0.3, -0.25) is 9.59 Å². The zero-order valence-electron chi connectivity index (χ0n) is 11.7. The molecule has 0 aliphatic rings. The fourth-order valence-electron chi connectivity index (χ4n) is 1.25. The molecular weight excluding hydrogens is 270 g/mol. The highest BCUT2D eigenvalue weighted by Gasteiger charge is 2.30. The van der Waals surface area contributed by atoms with Crippen LogP contribution in [0, 0.1) is 0 Å². The molecule has 0 radical (unpaired) electrons. The molecule has 0 rings (SSSR count). The minimum absolute atomic E-state index is 0.117. The van der Waals surface area contributed by atoms with Crippen molar-refractivity contribution in [2.45, 2.75) is 51.2 Å². The first-order valence-electron chi connectivity index (χ1n) is 6.27. The van der Waals surface area contributed by atoms with Crippen molar-refractivity contribution < 1.29 is 23.1 Å². The number of amides is 1. The van der Waals surface area contributed by atoms with Crippen molar-refractivity contribution in [2.24, 2.45) is 0 Å². The highest BCUT2D eigenvalue weighted by atomic mass is 32.2. The van der Waals surface area contributed by atoms with Crippen LogP contribution in [0.15, 0.2) is 0 Å². The molecule has 0 aromatic carbocycles. The van der Waals surface area contributed by atoms with Gasteiger partial charge in [0.15, 0.2) is 9.84 Å². The van der Waals surface area contributed by atoms with E-state index in [1.807, 2.05) is 0 Å². The number of hydrogen-bond donors (Lipinski definition) is 2. The van der Waals surface area contributed by atoms with Crippen LogP contribution in [-0.4, -0.2) is 42.4 Å². The van der Waals surface area contributed by atoms with Crippen LogP contribution in [0.2, 0.25) is 0 Å². The summed E-state index contributed by atoms with van der Waals surface area (Å²) in [5, 5.41) is 11.0. The number of carboxylic acid groups (broad SMARTS) is 1. The van der Waals surface area contributed by atoms with E-state index in [2.05, 4.69) is 5.32 Å². The van der Waals surface area contributed by atoms with Crippen molar-refractivity contribution >= 4 is 21.7 Å². The van der Waals surface area contributed by atoms with Crippen molar-refractivity contribution in [2.75, 3.05) is 12.3 Å². The van der Waals surface area contributed by atoms with Gasteiger partial charge >= 0.3 is 5.97 Å². The summed E-state index contributed by atoms with van der Waals surface area (Å²) < 4.78 is 22.6. The lowest BCUT2D eigenvalue weighted by atomic mass is 10.2. The highest BCUT2D eigenvalue weighted by Crippen LogP contribution is 2.15. The van der Waals surface area contributed by atoms with Gasteiger partial charge in [0.25, 0.3) is 0 Å². The Labute approximate surface area is 114 Å². The number of carbonyl (C=O) groups excluding carboxylic acids is 1. The maximum atomic E-state index is 11.7. The summed E-state index contributed by atoms with van der Waals surface area (Å²) in [7, 11) is -3.45. The average Bonchev–Trinajstić information content (AvgIpc) is 2.20. The number of sulfone groups is 1. The van der Waals surface area contributed by atoms with Gasteiger partial charge in [0, 0.05) is 13.0 Å². The molecule has 2 N–H and O–H groups in total. The summed E-state index contributed by atoms with van der Waals surface area (Å²) in [5.74, 6) is -1.85. The van der Waals surface area contributed by atoms with Gasteiger partial charge in [0.2, 0.25) is 5.91 Å². The molecule has 0 fully saturated rings. The van der Waals surface area contributed by atoms with Crippen LogP contribution in [0.5, 0.6) is 0 Å². The molecule has 19 heavy (non-hydrogen) atoms. The van der Waals surface area contributed by atoms with Crippen LogP contribution in [0.4, 0.5) is 0 Å². The van der Waals surface area contributed by atoms with Crippen LogP contribution in [0.1, 0.15) is 46.5 Å². The lowest BCUT2D eigenvalue weighted by Gasteiger charge is -2.18. The maximum absolute atomic E-state index is 11.7. The fourth-order valence-corrected chi connectivity index (χ4v) is 2.13. The van der Waals surface area contributed by atoms with Gasteiger partial charge in [-0.15, -0.1) is 0 Å². The van der Waals surface area contributed by atoms with Crippen LogP contribution in [-0.2, 0) is 19.4 Å². The highest BCUT2D eigenvalue weighted by molar-refractivity contribution is 7.93. The van der Waals surface area contributed by atoms with E-state index in [0.717, 1.165) is 0 Å². The third-order valence-corrected chi connectivity index (χ3v) is 5.15. The Morgan fingerprint density at radius 2 is 1.68 bits per heavy atom. The van der Waals surface area contributed by atoms with Crippen molar-refractivity contribution in [3.8, 4) is 0 Å². The Kier molecular flexibility index (Phi) is 7.04. The maximum Gasteiger partial charge on any atom is 0.303 e. The van der Waals surface area contributed by atoms with Gasteiger partial charge < -0.3 is 10.4 Å². The van der Waals surface area contributed by atoms with E-state index in [-0.39, 0.29) is 6.42 Å². The van der Waals surface area contributed by atoms with E-state index in [1.165, 1.54) is 0 Å². The molecule has 0 unspecified atom stereocenters. The van der Waals surface area contributed by atoms with Gasteiger partial charge in [-0.1, -0.05) is 6.42 Å². The first-order valence-corrected chi connectivity index (χ1v) is 7.92. The first-order chi connectivity index (χ1) is 8.56. The van der Waals surface area contributed by atoms with Crippen molar-refractivity contribution in [1.29, 1.82) is 0 Å². The van der Waals surface area contributed by atoms with Crippen LogP contribution >= 0.6 is 0 Å². The molecule has 0 saturated carbocycles. The third-order valence-electron chi connectivity index (χ3n) is 2.64. The predicted octanol–water partition coefficient (Wildman–Crippen LogP) is 0.961. The monoisotopic (exact) mass is 293 g/mol. The fraction of sp³-hybridized carbons (Fsp3) is 0.833. The van der Waals surface area contributed by atoms with E-state index in [1.54, 1.807) is 20.8 Å². The van der Waals surface area contributed by atoms with Gasteiger partial charge in [0.1, 0.15) is 5.75 Å². The zero-order chi connectivity index (χ0) is 15.1. The Morgan fingerprint density at radius 1 is 1.11 bits per heavy atom. The number of carboxylic acids is 1. The van der Waals surface area contributed by atoms with Gasteiger partial charge in [-0.25, -0.2) is 8.42 Å². The van der Waals surface area contributed by atoms with E-state index < -0.39 is 32.2 Å². The second-order valence-corrected chi connectivity index (χ2v) is 8.17. The Bertz CT molecular complexity index is 408. The topological polar surface area (TPSA) is 101 Å². The largest absolute Gasteiger partial charge is 0.481 e. The van der Waals surface area contributed by atoms with E-state index in [4.69, 9.17) is 5.11 Å². The van der Waals surface area contributed by atoms with Gasteiger partial charge in [0.05, 0.1) is 4.75 Å². The summed E-state index contributed by atoms with van der Waals surface area (Å²) in [4.78, 5) is 21.7. The second-order valence-electron chi connectivity index (χ2n) is 5.43. The lowest BCUT2D eigenvalue weighted by Crippen LogP contribution is -2.38. The molecule has 112 valence electrons. The molecule has 0 aliphatic carbocycles. The van der Waals surface area contributed by atoms with Gasteiger partial charge in [-0.2, -0.15) is 0 Å². The normalized spacial score (nSPS) is 12.2. The Balaban J connectivity index is 3.86. The van der Waals surface area contributed by atoms with E-state index in [9.17, 15) is 18.0 Å². The quantitative estimate of drug-likeness (QED) is 0.649. The standard InChI is InChI=1S/C12H23NO5S/c1-12(2,3)19(17,18)9-10(14)13-8-6-4-5-7-11(15)16/h4-9H2,1-3H3,(H,13,14)(H,15,16). The summed E-state index contributed by atoms with van der Waals surface area (Å²) >= 11 is 0. The zero-order valence-corrected chi connectivity index (χ0v) is 12.5. The molecule has 0 atom stereocenters. The Morgan fingerprint density at radius 3 is 2.16 bits per heavy atom. The summed E-state index contributed by atoms with van der Waals surface area (Å²) in [5.41, 5.74) is 0. The number of hydrogen-bond acceptors (Lipinski definition) is 4. The number of aliphatic carboxylic acids is 1. The number of rotatable bonds is 8. The van der Waals surface area contributed by atoms with Crippen molar-refractivity contribution in [3.63, 3.8) is 0 Å². The van der Waals surface area contributed by atoms with Gasteiger partial charge in [-0.05, 0) is 33.6 Å². The van der Waals surface area contributed by atoms with Crippen LogP contribution in [0.3, 0.4) is 0 Å². The minimum Gasteiger partial charge on any atom is -0.481 e. The molecule has 1 amide bonds. The summed E-state index contributed by atoms with van der Waals surface area (Å²) in [6.45, 7) is 5.04. The van der Waals surface area contributed by atoms with Crippen molar-refractivity contribution in [1.82, 2.24) is 5.32 Å². The van der Waals surface area contributed by atoms with Crippen LogP contribution in [0.25, 0.3) is 0 Å². The molecule has 7 heteroatoms. The number of nitrogens with one attached hydrogen (secondary N) is 1. The molecule has 6 nitrogen and oxygen atoms in total. The van der Waals surface area contributed by atoms with E-state index in [0.29, 0.717) is 25.8 Å². The molecule has 0 aromatic rings. The molecule has 0 spiro atoms. The average molecular weight is 293 g/mol. The van der Waals surface area contributed by atoms with Crippen molar-refractivity contribution in [3.05, 3.63) is 0 Å². The molecule has 0 aromatic heterocycles. The molecule has 0 aliphatic heterocycles. The van der Waals surface area contributed by atoms with E-state index >= 15 is 0 Å². The SMILES string of the molecule is CC(C)(C)S(=O)(=O)CC(=O)NCCCCCC(=O)O. The molecule has 0 bridgehead atoms. The minimum atomic E-state index is -3.45. The molecular formula is C12H23NO5S. The summed E-state index contributed by atoms with van der Waals surface area (Å²) in [6, 6.07) is 0. The lowest BCUT2D eigenvalue weighted by molar-refractivity contribution is -0.137.